The van der Waals surface area contributed by atoms with E-state index < -0.39 is 0 Å². The predicted octanol–water partition coefficient (Wildman–Crippen LogP) is 4.53. The molecule has 1 atom stereocenters. The number of carbonyl (C=O) groups excluding carboxylic acids is 1. The van der Waals surface area contributed by atoms with Gasteiger partial charge in [-0.25, -0.2) is 4.39 Å². The van der Waals surface area contributed by atoms with E-state index in [4.69, 9.17) is 9.47 Å². The van der Waals surface area contributed by atoms with Gasteiger partial charge in [-0.05, 0) is 52.9 Å². The zero-order valence-corrected chi connectivity index (χ0v) is 15.0. The maximum Gasteiger partial charge on any atom is 0.244 e. The van der Waals surface area contributed by atoms with Crippen molar-refractivity contribution in [1.82, 2.24) is 5.32 Å². The molecule has 0 saturated heterocycles. The Labute approximate surface area is 159 Å². The first-order valence-electron chi connectivity index (χ1n) is 8.36. The Hall–Kier alpha value is -3.12. The summed E-state index contributed by atoms with van der Waals surface area (Å²) in [6.45, 7) is 0.211. The van der Waals surface area contributed by atoms with Gasteiger partial charge in [0.2, 0.25) is 12.7 Å². The number of hydrogen-bond donors (Lipinski definition) is 1. The van der Waals surface area contributed by atoms with Crippen molar-refractivity contribution >= 4 is 23.3 Å². The van der Waals surface area contributed by atoms with Gasteiger partial charge >= 0.3 is 0 Å². The normalized spacial score (nSPS) is 13.7. The van der Waals surface area contributed by atoms with E-state index in [9.17, 15) is 9.18 Å². The summed E-state index contributed by atoms with van der Waals surface area (Å²) >= 11 is 1.54. The fourth-order valence-corrected chi connectivity index (χ4v) is 3.61. The van der Waals surface area contributed by atoms with Crippen LogP contribution in [-0.2, 0) is 4.79 Å². The third kappa shape index (κ3) is 4.01. The molecule has 3 aromatic rings. The van der Waals surface area contributed by atoms with Gasteiger partial charge in [-0.1, -0.05) is 24.3 Å². The lowest BCUT2D eigenvalue weighted by molar-refractivity contribution is -0.116. The van der Waals surface area contributed by atoms with E-state index >= 15 is 0 Å². The molecule has 1 aliphatic rings. The van der Waals surface area contributed by atoms with Crippen LogP contribution in [0.2, 0.25) is 0 Å². The number of ether oxygens (including phenoxy) is 2. The van der Waals surface area contributed by atoms with Crippen molar-refractivity contribution in [2.75, 3.05) is 6.79 Å². The van der Waals surface area contributed by atoms with Crippen molar-refractivity contribution < 1.29 is 18.7 Å². The molecule has 0 bridgehead atoms. The molecule has 1 amide bonds. The SMILES string of the molecule is O=C(/C=C/c1ccc2c(c1)OCO2)NC(c1ccc(F)cc1)c1cccs1. The Bertz CT molecular complexity index is 968. The minimum atomic E-state index is -0.334. The van der Waals surface area contributed by atoms with Gasteiger partial charge in [-0.3, -0.25) is 4.79 Å². The van der Waals surface area contributed by atoms with Gasteiger partial charge in [0.1, 0.15) is 5.82 Å². The number of hydrogen-bond acceptors (Lipinski definition) is 4. The van der Waals surface area contributed by atoms with E-state index in [-0.39, 0.29) is 24.6 Å². The number of thiophene rings is 1. The highest BCUT2D eigenvalue weighted by Gasteiger charge is 2.17. The zero-order valence-electron chi connectivity index (χ0n) is 14.2. The molecule has 4 rings (SSSR count). The molecule has 2 aromatic carbocycles. The monoisotopic (exact) mass is 381 g/mol. The molecule has 0 aliphatic carbocycles. The van der Waals surface area contributed by atoms with Crippen LogP contribution >= 0.6 is 11.3 Å². The molecule has 6 heteroatoms. The first-order valence-corrected chi connectivity index (χ1v) is 9.24. The Kier molecular flexibility index (Phi) is 4.89. The van der Waals surface area contributed by atoms with Gasteiger partial charge in [0, 0.05) is 11.0 Å². The average molecular weight is 381 g/mol. The number of fused-ring (bicyclic) bond motifs is 1. The van der Waals surface area contributed by atoms with Crippen molar-refractivity contribution in [3.05, 3.63) is 87.9 Å². The fraction of sp³-hybridized carbons (Fsp3) is 0.0952. The third-order valence-corrected chi connectivity index (χ3v) is 5.08. The molecule has 1 aromatic heterocycles. The number of rotatable bonds is 5. The van der Waals surface area contributed by atoms with Crippen molar-refractivity contribution in [3.63, 3.8) is 0 Å². The molecule has 0 spiro atoms. The summed E-state index contributed by atoms with van der Waals surface area (Å²) < 4.78 is 23.9. The number of halogens is 1. The highest BCUT2D eigenvalue weighted by molar-refractivity contribution is 7.10. The predicted molar refractivity (Wildman–Crippen MR) is 102 cm³/mol. The molecule has 1 aliphatic heterocycles. The number of benzene rings is 2. The van der Waals surface area contributed by atoms with Gasteiger partial charge in [0.15, 0.2) is 11.5 Å². The highest BCUT2D eigenvalue weighted by Crippen LogP contribution is 2.33. The first kappa shape index (κ1) is 17.3. The summed E-state index contributed by atoms with van der Waals surface area (Å²) in [6, 6.07) is 15.2. The Balaban J connectivity index is 1.51. The molecular formula is C21H16FNO3S. The summed E-state index contributed by atoms with van der Waals surface area (Å²) in [7, 11) is 0. The van der Waals surface area contributed by atoms with E-state index in [1.807, 2.05) is 35.7 Å². The second-order valence-corrected chi connectivity index (χ2v) is 6.93. The van der Waals surface area contributed by atoms with Crippen LogP contribution in [0.5, 0.6) is 11.5 Å². The second-order valence-electron chi connectivity index (χ2n) is 5.95. The standard InChI is InChI=1S/C21H16FNO3S/c22-16-7-5-15(6-8-16)21(19-2-1-11-27-19)23-20(24)10-4-14-3-9-17-18(12-14)26-13-25-17/h1-12,21H,13H2,(H,23,24)/b10-4+. The maximum absolute atomic E-state index is 13.2. The molecule has 2 heterocycles. The van der Waals surface area contributed by atoms with Crippen LogP contribution in [0, 0.1) is 5.82 Å². The second kappa shape index (κ2) is 7.63. The molecule has 4 nitrogen and oxygen atoms in total. The zero-order chi connectivity index (χ0) is 18.6. The quantitative estimate of drug-likeness (QED) is 0.661. The molecule has 0 radical (unpaired) electrons. The number of nitrogens with one attached hydrogen (secondary N) is 1. The van der Waals surface area contributed by atoms with Crippen LogP contribution in [0.25, 0.3) is 6.08 Å². The lowest BCUT2D eigenvalue weighted by atomic mass is 10.1. The molecule has 0 fully saturated rings. The molecular weight excluding hydrogens is 365 g/mol. The summed E-state index contributed by atoms with van der Waals surface area (Å²) in [4.78, 5) is 13.5. The summed E-state index contributed by atoms with van der Waals surface area (Å²) in [5, 5.41) is 4.93. The minimum absolute atomic E-state index is 0.211. The van der Waals surface area contributed by atoms with Crippen LogP contribution in [0.4, 0.5) is 4.39 Å². The molecule has 136 valence electrons. The third-order valence-electron chi connectivity index (χ3n) is 4.14. The molecule has 1 N–H and O–H groups in total. The summed E-state index contributed by atoms with van der Waals surface area (Å²) in [6.07, 6.45) is 3.19. The molecule has 0 saturated carbocycles. The van der Waals surface area contributed by atoms with Crippen molar-refractivity contribution in [2.45, 2.75) is 6.04 Å². The number of amides is 1. The summed E-state index contributed by atoms with van der Waals surface area (Å²) in [5.41, 5.74) is 1.66. The highest BCUT2D eigenvalue weighted by atomic mass is 32.1. The van der Waals surface area contributed by atoms with E-state index in [1.54, 1.807) is 18.2 Å². The van der Waals surface area contributed by atoms with Crippen LogP contribution in [0.3, 0.4) is 0 Å². The lowest BCUT2D eigenvalue weighted by Crippen LogP contribution is -2.27. The molecule has 27 heavy (non-hydrogen) atoms. The largest absolute Gasteiger partial charge is 0.454 e. The van der Waals surface area contributed by atoms with Gasteiger partial charge in [0.25, 0.3) is 0 Å². The Morgan fingerprint density at radius 1 is 1.11 bits per heavy atom. The average Bonchev–Trinajstić information content (AvgIpc) is 3.36. The smallest absolute Gasteiger partial charge is 0.244 e. The minimum Gasteiger partial charge on any atom is -0.454 e. The Morgan fingerprint density at radius 3 is 2.70 bits per heavy atom. The van der Waals surface area contributed by atoms with E-state index in [0.29, 0.717) is 11.5 Å². The van der Waals surface area contributed by atoms with Crippen molar-refractivity contribution in [2.24, 2.45) is 0 Å². The van der Waals surface area contributed by atoms with Crippen LogP contribution < -0.4 is 14.8 Å². The van der Waals surface area contributed by atoms with Crippen LogP contribution in [0.1, 0.15) is 22.0 Å². The maximum atomic E-state index is 13.2. The van der Waals surface area contributed by atoms with Crippen molar-refractivity contribution in [1.29, 1.82) is 0 Å². The van der Waals surface area contributed by atoms with E-state index in [2.05, 4.69) is 5.32 Å². The first-order chi connectivity index (χ1) is 13.2. The van der Waals surface area contributed by atoms with Crippen LogP contribution in [-0.4, -0.2) is 12.7 Å². The topological polar surface area (TPSA) is 47.6 Å². The van der Waals surface area contributed by atoms with E-state index in [1.165, 1.54) is 29.5 Å². The van der Waals surface area contributed by atoms with Gasteiger partial charge in [-0.15, -0.1) is 11.3 Å². The van der Waals surface area contributed by atoms with Crippen LogP contribution in [0.15, 0.2) is 66.1 Å². The Morgan fingerprint density at radius 2 is 1.93 bits per heavy atom. The molecule has 1 unspecified atom stereocenters. The summed E-state index contributed by atoms with van der Waals surface area (Å²) in [5.74, 6) is 0.819. The fourth-order valence-electron chi connectivity index (χ4n) is 2.81. The lowest BCUT2D eigenvalue weighted by Gasteiger charge is -2.17. The van der Waals surface area contributed by atoms with Gasteiger partial charge in [-0.2, -0.15) is 0 Å². The van der Waals surface area contributed by atoms with Gasteiger partial charge in [0.05, 0.1) is 6.04 Å². The van der Waals surface area contributed by atoms with E-state index in [0.717, 1.165) is 16.0 Å². The van der Waals surface area contributed by atoms with Crippen molar-refractivity contribution in [3.8, 4) is 11.5 Å². The number of carbonyl (C=O) groups is 1. The van der Waals surface area contributed by atoms with Gasteiger partial charge < -0.3 is 14.8 Å².